The standard InChI is InChI=1S/C26H29F2N3O2/c27-18-5-8-24-21(12-18)17(14-30-24)2-1-10-31(11-9-16-3-4-16)19-13-22-20(26(29)32)6-7-23(28)25(22)33-15-19/h5-8,12,14,16,19,30H,1-4,9-11,13,15H2,(H2,29,32). The van der Waals surface area contributed by atoms with E-state index < -0.39 is 11.7 Å². The lowest BCUT2D eigenvalue weighted by Gasteiger charge is -2.36. The number of rotatable bonds is 9. The fourth-order valence-electron chi connectivity index (χ4n) is 4.96. The highest BCUT2D eigenvalue weighted by molar-refractivity contribution is 5.95. The summed E-state index contributed by atoms with van der Waals surface area (Å²) in [5, 5.41) is 0.927. The molecule has 5 rings (SSSR count). The van der Waals surface area contributed by atoms with Gasteiger partial charge in [0.25, 0.3) is 0 Å². The van der Waals surface area contributed by atoms with Crippen LogP contribution in [-0.2, 0) is 12.8 Å². The van der Waals surface area contributed by atoms with Crippen LogP contribution in [0.4, 0.5) is 8.78 Å². The number of aromatic amines is 1. The molecule has 1 fully saturated rings. The highest BCUT2D eigenvalue weighted by Gasteiger charge is 2.31. The molecular formula is C26H29F2N3O2. The molecule has 0 radical (unpaired) electrons. The molecule has 7 heteroatoms. The van der Waals surface area contributed by atoms with Crippen LogP contribution >= 0.6 is 0 Å². The maximum atomic E-state index is 14.3. The Morgan fingerprint density at radius 1 is 1.18 bits per heavy atom. The third-order valence-electron chi connectivity index (χ3n) is 7.00. The quantitative estimate of drug-likeness (QED) is 0.498. The van der Waals surface area contributed by atoms with Gasteiger partial charge in [-0.3, -0.25) is 9.69 Å². The van der Waals surface area contributed by atoms with Gasteiger partial charge in [-0.25, -0.2) is 8.78 Å². The van der Waals surface area contributed by atoms with Gasteiger partial charge in [0.15, 0.2) is 11.6 Å². The van der Waals surface area contributed by atoms with Crippen molar-refractivity contribution in [2.45, 2.75) is 44.6 Å². The van der Waals surface area contributed by atoms with Crippen molar-refractivity contribution in [2.24, 2.45) is 11.7 Å². The summed E-state index contributed by atoms with van der Waals surface area (Å²) in [4.78, 5) is 17.5. The van der Waals surface area contributed by atoms with Gasteiger partial charge in [-0.2, -0.15) is 0 Å². The third kappa shape index (κ3) is 4.74. The minimum Gasteiger partial charge on any atom is -0.489 e. The molecule has 3 aromatic rings. The predicted octanol–water partition coefficient (Wildman–Crippen LogP) is 4.58. The second kappa shape index (κ2) is 9.14. The van der Waals surface area contributed by atoms with E-state index in [2.05, 4.69) is 9.88 Å². The second-order valence-corrected chi connectivity index (χ2v) is 9.31. The minimum atomic E-state index is -0.563. The van der Waals surface area contributed by atoms with Crippen LogP contribution in [0.2, 0.25) is 0 Å². The average Bonchev–Trinajstić information content (AvgIpc) is 3.55. The number of nitrogens with two attached hydrogens (primary N) is 1. The summed E-state index contributed by atoms with van der Waals surface area (Å²) in [5.74, 6) is -0.300. The summed E-state index contributed by atoms with van der Waals surface area (Å²) >= 11 is 0. The first kappa shape index (κ1) is 21.9. The van der Waals surface area contributed by atoms with Gasteiger partial charge in [-0.1, -0.05) is 12.8 Å². The largest absolute Gasteiger partial charge is 0.489 e. The lowest BCUT2D eigenvalue weighted by molar-refractivity contribution is 0.0982. The number of nitrogens with zero attached hydrogens (tertiary/aromatic N) is 1. The molecule has 1 amide bonds. The Morgan fingerprint density at radius 2 is 2.03 bits per heavy atom. The Morgan fingerprint density at radius 3 is 2.82 bits per heavy atom. The predicted molar refractivity (Wildman–Crippen MR) is 123 cm³/mol. The number of H-pyrrole nitrogens is 1. The van der Waals surface area contributed by atoms with E-state index in [0.29, 0.717) is 24.2 Å². The van der Waals surface area contributed by atoms with Gasteiger partial charge >= 0.3 is 0 Å². The second-order valence-electron chi connectivity index (χ2n) is 9.31. The zero-order chi connectivity index (χ0) is 22.9. The van der Waals surface area contributed by atoms with E-state index in [9.17, 15) is 13.6 Å². The van der Waals surface area contributed by atoms with Crippen LogP contribution in [0.3, 0.4) is 0 Å². The molecule has 1 unspecified atom stereocenters. The van der Waals surface area contributed by atoms with Gasteiger partial charge in [0.2, 0.25) is 5.91 Å². The highest BCUT2D eigenvalue weighted by Crippen LogP contribution is 2.35. The van der Waals surface area contributed by atoms with E-state index in [0.717, 1.165) is 54.7 Å². The van der Waals surface area contributed by atoms with E-state index in [1.807, 2.05) is 6.20 Å². The van der Waals surface area contributed by atoms with Crippen LogP contribution < -0.4 is 10.5 Å². The first-order valence-electron chi connectivity index (χ1n) is 11.7. The zero-order valence-electron chi connectivity index (χ0n) is 18.6. The van der Waals surface area contributed by atoms with Crippen LogP contribution in [0, 0.1) is 17.6 Å². The van der Waals surface area contributed by atoms with E-state index in [-0.39, 0.29) is 17.6 Å². The molecule has 2 aromatic carbocycles. The topological polar surface area (TPSA) is 71.4 Å². The highest BCUT2D eigenvalue weighted by atomic mass is 19.1. The number of ether oxygens (including phenoxy) is 1. The molecule has 1 aromatic heterocycles. The van der Waals surface area contributed by atoms with Gasteiger partial charge in [0.05, 0.1) is 0 Å². The molecule has 1 aliphatic carbocycles. The average molecular weight is 454 g/mol. The van der Waals surface area contributed by atoms with E-state index in [1.165, 1.54) is 31.0 Å². The monoisotopic (exact) mass is 453 g/mol. The Hall–Kier alpha value is -2.93. The Balaban J connectivity index is 1.30. The number of nitrogens with one attached hydrogen (secondary N) is 1. The molecule has 33 heavy (non-hydrogen) atoms. The molecule has 0 bridgehead atoms. The SMILES string of the molecule is NC(=O)c1ccc(F)c2c1CC(N(CCCc1c[nH]c3ccc(F)cc13)CCC1CC1)CO2. The number of amides is 1. The van der Waals surface area contributed by atoms with E-state index in [4.69, 9.17) is 10.5 Å². The van der Waals surface area contributed by atoms with E-state index >= 15 is 0 Å². The summed E-state index contributed by atoms with van der Waals surface area (Å²) in [5.41, 5.74) is 8.50. The number of aryl methyl sites for hydroxylation is 1. The summed E-state index contributed by atoms with van der Waals surface area (Å²) in [6.07, 6.45) is 7.94. The summed E-state index contributed by atoms with van der Waals surface area (Å²) in [6.45, 7) is 2.17. The fraction of sp³-hybridized carbons (Fsp3) is 0.423. The van der Waals surface area contributed by atoms with E-state index in [1.54, 1.807) is 12.1 Å². The maximum Gasteiger partial charge on any atom is 0.249 e. The van der Waals surface area contributed by atoms with Crippen molar-refractivity contribution in [3.05, 3.63) is 64.9 Å². The van der Waals surface area contributed by atoms with Crippen LogP contribution in [0.15, 0.2) is 36.5 Å². The Bertz CT molecular complexity index is 1170. The molecule has 5 nitrogen and oxygen atoms in total. The molecular weight excluding hydrogens is 424 g/mol. The van der Waals surface area contributed by atoms with Crippen LogP contribution in [0.5, 0.6) is 5.75 Å². The van der Waals surface area contributed by atoms with Crippen molar-refractivity contribution in [1.29, 1.82) is 0 Å². The zero-order valence-corrected chi connectivity index (χ0v) is 18.6. The summed E-state index contributed by atoms with van der Waals surface area (Å²) in [6, 6.07) is 7.56. The number of hydrogen-bond donors (Lipinski definition) is 2. The molecule has 3 N–H and O–H groups in total. The van der Waals surface area contributed by atoms with Crippen molar-refractivity contribution in [2.75, 3.05) is 19.7 Å². The van der Waals surface area contributed by atoms with Gasteiger partial charge < -0.3 is 15.5 Å². The van der Waals surface area contributed by atoms with Crippen LogP contribution in [-0.4, -0.2) is 41.5 Å². The van der Waals surface area contributed by atoms with Crippen molar-refractivity contribution >= 4 is 16.8 Å². The van der Waals surface area contributed by atoms with Crippen molar-refractivity contribution in [3.63, 3.8) is 0 Å². The van der Waals surface area contributed by atoms with Gasteiger partial charge in [-0.05, 0) is 80.6 Å². The number of primary amides is 1. The number of fused-ring (bicyclic) bond motifs is 2. The molecule has 0 spiro atoms. The molecule has 0 saturated heterocycles. The molecule has 1 saturated carbocycles. The first-order valence-corrected chi connectivity index (χ1v) is 11.7. The molecule has 2 heterocycles. The number of benzene rings is 2. The minimum absolute atomic E-state index is 0.0524. The van der Waals surface area contributed by atoms with Crippen molar-refractivity contribution in [3.8, 4) is 5.75 Å². The third-order valence-corrected chi connectivity index (χ3v) is 7.00. The lowest BCUT2D eigenvalue weighted by Crippen LogP contribution is -2.45. The Kier molecular flexibility index (Phi) is 6.06. The molecule has 1 atom stereocenters. The normalized spacial score (nSPS) is 17.8. The summed E-state index contributed by atoms with van der Waals surface area (Å²) < 4.78 is 33.8. The fourth-order valence-corrected chi connectivity index (χ4v) is 4.96. The van der Waals surface area contributed by atoms with Gasteiger partial charge in [0, 0.05) is 34.3 Å². The number of carbonyl (C=O) groups is 1. The van der Waals surface area contributed by atoms with Crippen LogP contribution in [0.1, 0.15) is 47.2 Å². The van der Waals surface area contributed by atoms with Gasteiger partial charge in [-0.15, -0.1) is 0 Å². The smallest absolute Gasteiger partial charge is 0.249 e. The lowest BCUT2D eigenvalue weighted by atomic mass is 9.95. The van der Waals surface area contributed by atoms with Gasteiger partial charge in [0.1, 0.15) is 12.4 Å². The number of halogens is 2. The Labute approximate surface area is 191 Å². The number of carbonyl (C=O) groups excluding carboxylic acids is 1. The molecule has 174 valence electrons. The number of hydrogen-bond acceptors (Lipinski definition) is 3. The maximum absolute atomic E-state index is 14.3. The van der Waals surface area contributed by atoms with Crippen molar-refractivity contribution < 1.29 is 18.3 Å². The first-order chi connectivity index (χ1) is 16.0. The summed E-state index contributed by atoms with van der Waals surface area (Å²) in [7, 11) is 0. The molecule has 1 aliphatic heterocycles. The number of aromatic nitrogens is 1. The molecule has 2 aliphatic rings. The van der Waals surface area contributed by atoms with Crippen molar-refractivity contribution in [1.82, 2.24) is 9.88 Å². The van der Waals surface area contributed by atoms with Crippen LogP contribution in [0.25, 0.3) is 10.9 Å².